The van der Waals surface area contributed by atoms with E-state index in [1.807, 2.05) is 7.05 Å². The van der Waals surface area contributed by atoms with E-state index in [9.17, 15) is 4.79 Å². The lowest BCUT2D eigenvalue weighted by Crippen LogP contribution is -2.05. The molecular formula is C13H11Cl4N3O. The first-order valence-electron chi connectivity index (χ1n) is 5.68. The maximum Gasteiger partial charge on any atom is 0.153 e. The third-order valence-electron chi connectivity index (χ3n) is 2.24. The van der Waals surface area contributed by atoms with Gasteiger partial charge in [0.15, 0.2) is 6.29 Å². The third kappa shape index (κ3) is 6.16. The van der Waals surface area contributed by atoms with Crippen LogP contribution in [0.2, 0.25) is 20.4 Å². The van der Waals surface area contributed by atoms with Crippen molar-refractivity contribution in [2.75, 3.05) is 7.05 Å². The Hall–Kier alpha value is -0.910. The zero-order chi connectivity index (χ0) is 15.8. The molecule has 0 aliphatic carbocycles. The summed E-state index contributed by atoms with van der Waals surface area (Å²) < 4.78 is 0. The summed E-state index contributed by atoms with van der Waals surface area (Å²) >= 11 is 22.5. The first kappa shape index (κ1) is 18.1. The van der Waals surface area contributed by atoms with Crippen molar-refractivity contribution in [3.8, 4) is 0 Å². The van der Waals surface area contributed by atoms with E-state index in [1.54, 1.807) is 12.3 Å². The van der Waals surface area contributed by atoms with Gasteiger partial charge in [-0.1, -0.05) is 46.4 Å². The third-order valence-corrected chi connectivity index (χ3v) is 3.33. The molecule has 0 saturated carbocycles. The zero-order valence-corrected chi connectivity index (χ0v) is 13.9. The Morgan fingerprint density at radius 1 is 1.05 bits per heavy atom. The van der Waals surface area contributed by atoms with Crippen molar-refractivity contribution in [1.29, 1.82) is 0 Å². The predicted octanol–water partition coefficient (Wildman–Crippen LogP) is 4.31. The molecule has 2 aromatic rings. The largest absolute Gasteiger partial charge is 0.316 e. The van der Waals surface area contributed by atoms with Crippen molar-refractivity contribution < 1.29 is 4.79 Å². The monoisotopic (exact) mass is 365 g/mol. The molecule has 1 N–H and O–H groups in total. The number of nitrogens with zero attached hydrogens (tertiary/aromatic N) is 2. The van der Waals surface area contributed by atoms with Crippen LogP contribution in [-0.4, -0.2) is 23.3 Å². The fourth-order valence-corrected chi connectivity index (χ4v) is 2.10. The summed E-state index contributed by atoms with van der Waals surface area (Å²) in [6, 6.07) is 3.06. The number of hydrogen-bond donors (Lipinski definition) is 1. The minimum absolute atomic E-state index is 0.288. The van der Waals surface area contributed by atoms with Crippen molar-refractivity contribution in [3.05, 3.63) is 56.0 Å². The van der Waals surface area contributed by atoms with Crippen molar-refractivity contribution in [2.45, 2.75) is 6.54 Å². The van der Waals surface area contributed by atoms with Crippen LogP contribution in [0.4, 0.5) is 0 Å². The number of carbonyl (C=O) groups excluding carboxylic acids is 1. The lowest BCUT2D eigenvalue weighted by molar-refractivity contribution is 0.112. The molecule has 4 nitrogen and oxygen atoms in total. The summed E-state index contributed by atoms with van der Waals surface area (Å²) in [4.78, 5) is 17.7. The highest BCUT2D eigenvalue weighted by atomic mass is 35.5. The molecule has 0 amide bonds. The Bertz CT molecular complexity index is 622. The molecule has 0 aliphatic heterocycles. The van der Waals surface area contributed by atoms with Gasteiger partial charge in [-0.05, 0) is 19.2 Å². The van der Waals surface area contributed by atoms with Gasteiger partial charge < -0.3 is 5.32 Å². The number of pyridine rings is 2. The van der Waals surface area contributed by atoms with E-state index < -0.39 is 0 Å². The van der Waals surface area contributed by atoms with Crippen LogP contribution in [-0.2, 0) is 6.54 Å². The highest BCUT2D eigenvalue weighted by molar-refractivity contribution is 6.35. The number of carbonyl (C=O) groups is 1. The highest BCUT2D eigenvalue weighted by Gasteiger charge is 2.00. The van der Waals surface area contributed by atoms with Gasteiger partial charge >= 0.3 is 0 Å². The molecule has 112 valence electrons. The normalized spacial score (nSPS) is 9.76. The summed E-state index contributed by atoms with van der Waals surface area (Å²) in [6.07, 6.45) is 3.63. The van der Waals surface area contributed by atoms with Crippen molar-refractivity contribution >= 4 is 52.7 Å². The molecule has 2 aromatic heterocycles. The van der Waals surface area contributed by atoms with Gasteiger partial charge in [0.25, 0.3) is 0 Å². The fraction of sp³-hybridized carbons (Fsp3) is 0.154. The van der Waals surface area contributed by atoms with Gasteiger partial charge in [-0.15, -0.1) is 0 Å². The van der Waals surface area contributed by atoms with Crippen LogP contribution in [0.25, 0.3) is 0 Å². The minimum Gasteiger partial charge on any atom is -0.316 e. The maximum atomic E-state index is 10.2. The molecule has 0 aliphatic rings. The second-order valence-corrected chi connectivity index (χ2v) is 5.36. The molecule has 8 heteroatoms. The van der Waals surface area contributed by atoms with Crippen molar-refractivity contribution in [1.82, 2.24) is 15.3 Å². The molecule has 2 heterocycles. The van der Waals surface area contributed by atoms with Gasteiger partial charge in [0.1, 0.15) is 10.3 Å². The number of aldehydes is 1. The van der Waals surface area contributed by atoms with Crippen molar-refractivity contribution in [2.24, 2.45) is 0 Å². The van der Waals surface area contributed by atoms with Crippen LogP contribution < -0.4 is 5.32 Å². The highest BCUT2D eigenvalue weighted by Crippen LogP contribution is 2.18. The van der Waals surface area contributed by atoms with E-state index in [4.69, 9.17) is 46.4 Å². The summed E-state index contributed by atoms with van der Waals surface area (Å²) in [5.41, 5.74) is 1.31. The second-order valence-electron chi connectivity index (χ2n) is 3.78. The SMILES string of the molecule is CNCc1cnc(Cl)cc1Cl.O=Cc1cnc(Cl)cc1Cl. The summed E-state index contributed by atoms with van der Waals surface area (Å²) in [5.74, 6) is 0. The van der Waals surface area contributed by atoms with E-state index in [1.165, 1.54) is 12.3 Å². The molecule has 0 aromatic carbocycles. The first-order valence-corrected chi connectivity index (χ1v) is 7.19. The molecule has 0 bridgehead atoms. The number of nitrogens with one attached hydrogen (secondary N) is 1. The van der Waals surface area contributed by atoms with Crippen LogP contribution in [0.15, 0.2) is 24.5 Å². The lowest BCUT2D eigenvalue weighted by Gasteiger charge is -2.01. The molecule has 2 rings (SSSR count). The number of hydrogen-bond acceptors (Lipinski definition) is 4. The quantitative estimate of drug-likeness (QED) is 0.649. The maximum absolute atomic E-state index is 10.2. The summed E-state index contributed by atoms with van der Waals surface area (Å²) in [6.45, 7) is 0.711. The van der Waals surface area contributed by atoms with E-state index >= 15 is 0 Å². The van der Waals surface area contributed by atoms with Crippen LogP contribution >= 0.6 is 46.4 Å². The van der Waals surface area contributed by atoms with E-state index in [0.29, 0.717) is 33.6 Å². The van der Waals surface area contributed by atoms with Gasteiger partial charge in [0.2, 0.25) is 0 Å². The Balaban J connectivity index is 0.000000211. The molecule has 0 fully saturated rings. The van der Waals surface area contributed by atoms with E-state index in [0.717, 1.165) is 5.56 Å². The number of rotatable bonds is 3. The average Bonchev–Trinajstić information content (AvgIpc) is 2.43. The molecule has 0 unspecified atom stereocenters. The molecular weight excluding hydrogens is 356 g/mol. The smallest absolute Gasteiger partial charge is 0.153 e. The number of halogens is 4. The molecule has 0 spiro atoms. The Morgan fingerprint density at radius 2 is 1.62 bits per heavy atom. The zero-order valence-electron chi connectivity index (χ0n) is 10.9. The molecule has 0 saturated heterocycles. The van der Waals surface area contributed by atoms with Crippen LogP contribution in [0, 0.1) is 0 Å². The van der Waals surface area contributed by atoms with Gasteiger partial charge in [-0.2, -0.15) is 0 Å². The summed E-state index contributed by atoms with van der Waals surface area (Å²) in [5, 5.41) is 4.67. The topological polar surface area (TPSA) is 54.9 Å². The first-order chi connectivity index (χ1) is 9.97. The minimum atomic E-state index is 0.288. The van der Waals surface area contributed by atoms with E-state index in [2.05, 4.69) is 15.3 Å². The Morgan fingerprint density at radius 3 is 2.10 bits per heavy atom. The van der Waals surface area contributed by atoms with Gasteiger partial charge in [0, 0.05) is 29.5 Å². The molecule has 0 radical (unpaired) electrons. The Kier molecular flexibility index (Phi) is 7.93. The molecule has 21 heavy (non-hydrogen) atoms. The van der Waals surface area contributed by atoms with Crippen LogP contribution in [0.3, 0.4) is 0 Å². The van der Waals surface area contributed by atoms with Crippen LogP contribution in [0.5, 0.6) is 0 Å². The standard InChI is InChI=1S/C7H8Cl2N2.C6H3Cl2NO/c1-10-3-5-4-11-7(9)2-6(5)8;7-5-1-6(8)9-2-4(5)3-10/h2,4,10H,3H2,1H3;1-3H. The fourth-order valence-electron chi connectivity index (χ4n) is 1.26. The average molecular weight is 367 g/mol. The Labute approximate surface area is 142 Å². The second kappa shape index (κ2) is 9.18. The van der Waals surface area contributed by atoms with E-state index in [-0.39, 0.29) is 5.15 Å². The summed E-state index contributed by atoms with van der Waals surface area (Å²) in [7, 11) is 1.85. The number of aromatic nitrogens is 2. The van der Waals surface area contributed by atoms with Crippen molar-refractivity contribution in [3.63, 3.8) is 0 Å². The van der Waals surface area contributed by atoms with Crippen LogP contribution in [0.1, 0.15) is 15.9 Å². The predicted molar refractivity (Wildman–Crippen MR) is 86.7 cm³/mol. The van der Waals surface area contributed by atoms with Gasteiger partial charge in [-0.3, -0.25) is 4.79 Å². The molecule has 0 atom stereocenters. The lowest BCUT2D eigenvalue weighted by atomic mass is 10.3. The van der Waals surface area contributed by atoms with Gasteiger partial charge in [-0.25, -0.2) is 9.97 Å². The van der Waals surface area contributed by atoms with Gasteiger partial charge in [0.05, 0.1) is 10.6 Å².